The Balaban J connectivity index is 1.36. The highest BCUT2D eigenvalue weighted by molar-refractivity contribution is 7.51. The molecule has 28 heavy (non-hydrogen) atoms. The van der Waals surface area contributed by atoms with Crippen LogP contribution in [-0.4, -0.2) is 54.8 Å². The van der Waals surface area contributed by atoms with E-state index in [0.717, 1.165) is 60.2 Å². The summed E-state index contributed by atoms with van der Waals surface area (Å²) in [6.07, 6.45) is 8.31. The van der Waals surface area contributed by atoms with Gasteiger partial charge in [0, 0.05) is 38.5 Å². The summed E-state index contributed by atoms with van der Waals surface area (Å²) in [5, 5.41) is 4.61. The van der Waals surface area contributed by atoms with Gasteiger partial charge in [-0.3, -0.25) is 4.79 Å². The van der Waals surface area contributed by atoms with Crippen LogP contribution in [-0.2, 0) is 4.79 Å². The minimum absolute atomic E-state index is 0.0788. The van der Waals surface area contributed by atoms with Crippen LogP contribution in [0.3, 0.4) is 0 Å². The van der Waals surface area contributed by atoms with Crippen molar-refractivity contribution in [2.45, 2.75) is 12.7 Å². The molecule has 0 aliphatic carbocycles. The second kappa shape index (κ2) is 7.06. The third kappa shape index (κ3) is 3.07. The van der Waals surface area contributed by atoms with Crippen molar-refractivity contribution in [3.8, 4) is 5.75 Å². The normalized spacial score (nSPS) is 29.6. The topological polar surface area (TPSA) is 44.8 Å². The third-order valence-electron chi connectivity index (χ3n) is 6.31. The van der Waals surface area contributed by atoms with Crippen molar-refractivity contribution >= 4 is 19.8 Å². The van der Waals surface area contributed by atoms with E-state index in [1.165, 1.54) is 5.70 Å². The molecule has 4 aliphatic heterocycles. The van der Waals surface area contributed by atoms with Gasteiger partial charge in [-0.1, -0.05) is 20.7 Å². The van der Waals surface area contributed by atoms with Crippen LogP contribution in [0.25, 0.3) is 5.31 Å². The minimum atomic E-state index is 0.0788. The lowest BCUT2D eigenvalue weighted by Gasteiger charge is -2.35. The maximum absolute atomic E-state index is 12.9. The molecule has 146 valence electrons. The van der Waals surface area contributed by atoms with E-state index in [1.807, 2.05) is 24.0 Å². The van der Waals surface area contributed by atoms with Gasteiger partial charge in [0.15, 0.2) is 0 Å². The molecular formula is C22H26N3O2P. The number of hydrogen-bond donors (Lipinski definition) is 1. The van der Waals surface area contributed by atoms with Crippen molar-refractivity contribution in [2.75, 3.05) is 33.3 Å². The number of carbonyl (C=O) groups excluding carboxylic acids is 1. The summed E-state index contributed by atoms with van der Waals surface area (Å²) in [5.74, 6) is 2.58. The molecule has 0 aromatic heterocycles. The predicted octanol–water partition coefficient (Wildman–Crippen LogP) is 2.75. The van der Waals surface area contributed by atoms with Gasteiger partial charge in [-0.15, -0.1) is 0 Å². The first kappa shape index (κ1) is 18.0. The highest BCUT2D eigenvalue weighted by Gasteiger charge is 2.38. The Labute approximate surface area is 167 Å². The monoisotopic (exact) mass is 395 g/mol. The number of carbonyl (C=O) groups is 1. The number of allylic oxidation sites excluding steroid dienone is 1. The van der Waals surface area contributed by atoms with Crippen molar-refractivity contribution in [3.63, 3.8) is 0 Å². The van der Waals surface area contributed by atoms with Crippen LogP contribution in [0.15, 0.2) is 48.3 Å². The summed E-state index contributed by atoms with van der Waals surface area (Å²) in [6.45, 7) is 6.47. The molecule has 1 aromatic rings. The molecule has 5 nitrogen and oxygen atoms in total. The molecule has 1 N–H and O–H groups in total. The highest BCUT2D eigenvalue weighted by atomic mass is 31.1. The molecule has 0 spiro atoms. The van der Waals surface area contributed by atoms with Gasteiger partial charge in [0.2, 0.25) is 0 Å². The maximum Gasteiger partial charge on any atom is 0.252 e. The molecule has 2 unspecified atom stereocenters. The smallest absolute Gasteiger partial charge is 0.252 e. The lowest BCUT2D eigenvalue weighted by molar-refractivity contribution is -0.123. The largest absolute Gasteiger partial charge is 0.496 e. The first-order valence-corrected chi connectivity index (χ1v) is 11.0. The van der Waals surface area contributed by atoms with Crippen LogP contribution >= 0.6 is 8.58 Å². The second-order valence-electron chi connectivity index (χ2n) is 8.07. The number of nitrogens with one attached hydrogen (secondary N) is 1. The first-order chi connectivity index (χ1) is 13.6. The first-order valence-electron chi connectivity index (χ1n) is 9.93. The van der Waals surface area contributed by atoms with Crippen molar-refractivity contribution in [2.24, 2.45) is 11.8 Å². The zero-order valence-electron chi connectivity index (χ0n) is 16.3. The van der Waals surface area contributed by atoms with Crippen molar-refractivity contribution in [1.29, 1.82) is 0 Å². The molecule has 4 aliphatic rings. The SMILES string of the molecule is COc1ccc(C2=CC(=O)N3C=C(N4C[C@H]5CNC[C@H]5C4)C=CC3P2)cc1C. The average molecular weight is 395 g/mol. The number of ether oxygens (including phenoxy) is 1. The van der Waals surface area contributed by atoms with E-state index in [0.29, 0.717) is 8.58 Å². The molecule has 5 rings (SSSR count). The number of nitrogens with zero attached hydrogens (tertiary/aromatic N) is 2. The summed E-state index contributed by atoms with van der Waals surface area (Å²) in [4.78, 5) is 17.3. The van der Waals surface area contributed by atoms with Crippen LogP contribution in [0.5, 0.6) is 5.75 Å². The number of likely N-dealkylation sites (tertiary alicyclic amines) is 1. The molecule has 4 atom stereocenters. The fourth-order valence-corrected chi connectivity index (χ4v) is 6.11. The summed E-state index contributed by atoms with van der Waals surface area (Å²) in [6, 6.07) is 6.16. The zero-order chi connectivity index (χ0) is 19.3. The average Bonchev–Trinajstić information content (AvgIpc) is 3.30. The summed E-state index contributed by atoms with van der Waals surface area (Å²) in [7, 11) is 2.23. The molecule has 1 amide bonds. The van der Waals surface area contributed by atoms with Crippen LogP contribution in [0.1, 0.15) is 11.1 Å². The quantitative estimate of drug-likeness (QED) is 0.800. The van der Waals surface area contributed by atoms with Gasteiger partial charge in [0.05, 0.1) is 18.6 Å². The highest BCUT2D eigenvalue weighted by Crippen LogP contribution is 2.45. The molecule has 2 saturated heterocycles. The lowest BCUT2D eigenvalue weighted by Crippen LogP contribution is -2.37. The summed E-state index contributed by atoms with van der Waals surface area (Å²) in [5.41, 5.74) is 3.39. The summed E-state index contributed by atoms with van der Waals surface area (Å²) < 4.78 is 5.36. The van der Waals surface area contributed by atoms with E-state index in [1.54, 1.807) is 7.11 Å². The standard InChI is InChI=1S/C22H26N3O2P/c1-14-7-15(3-5-19(14)27-2)20-8-21(26)25-13-18(4-6-22(25)28-20)24-11-16-9-23-10-17(16)12-24/h3-8,13,16-17,22-23,28H,9-12H2,1-2H3/t16-,17+,22?. The molecule has 6 heteroatoms. The Bertz CT molecular complexity index is 895. The maximum atomic E-state index is 12.9. The van der Waals surface area contributed by atoms with Crippen LogP contribution in [0.4, 0.5) is 0 Å². The summed E-state index contributed by atoms with van der Waals surface area (Å²) >= 11 is 0. The van der Waals surface area contributed by atoms with E-state index in [2.05, 4.69) is 40.7 Å². The molecule has 0 saturated carbocycles. The van der Waals surface area contributed by atoms with E-state index in [-0.39, 0.29) is 11.7 Å². The van der Waals surface area contributed by atoms with E-state index >= 15 is 0 Å². The van der Waals surface area contributed by atoms with Crippen LogP contribution in [0.2, 0.25) is 0 Å². The molecule has 0 radical (unpaired) electrons. The van der Waals surface area contributed by atoms with Gasteiger partial charge < -0.3 is 19.9 Å². The molecular weight excluding hydrogens is 369 g/mol. The van der Waals surface area contributed by atoms with Crippen molar-refractivity contribution in [1.82, 2.24) is 15.1 Å². The Morgan fingerprint density at radius 1 is 1.21 bits per heavy atom. The molecule has 2 fully saturated rings. The van der Waals surface area contributed by atoms with E-state index in [4.69, 9.17) is 4.74 Å². The molecule has 1 aromatic carbocycles. The Morgan fingerprint density at radius 2 is 2.00 bits per heavy atom. The Kier molecular flexibility index (Phi) is 4.53. The Hall–Kier alpha value is -2.10. The number of fused-ring (bicyclic) bond motifs is 2. The third-order valence-corrected chi connectivity index (χ3v) is 7.82. The van der Waals surface area contributed by atoms with Gasteiger partial charge in [0.25, 0.3) is 5.91 Å². The lowest BCUT2D eigenvalue weighted by atomic mass is 10.0. The number of rotatable bonds is 3. The zero-order valence-corrected chi connectivity index (χ0v) is 17.3. The van der Waals surface area contributed by atoms with Crippen molar-refractivity contribution in [3.05, 3.63) is 59.5 Å². The molecule has 0 bridgehead atoms. The van der Waals surface area contributed by atoms with Gasteiger partial charge in [-0.2, -0.15) is 0 Å². The van der Waals surface area contributed by atoms with Crippen LogP contribution in [0, 0.1) is 18.8 Å². The van der Waals surface area contributed by atoms with Gasteiger partial charge >= 0.3 is 0 Å². The minimum Gasteiger partial charge on any atom is -0.496 e. The fraction of sp³-hybridized carbons (Fsp3) is 0.409. The number of methoxy groups -OCH3 is 1. The number of aryl methyl sites for hydroxylation is 1. The Morgan fingerprint density at radius 3 is 2.71 bits per heavy atom. The number of amides is 1. The van der Waals surface area contributed by atoms with Gasteiger partial charge in [-0.05, 0) is 53.4 Å². The molecule has 4 heterocycles. The van der Waals surface area contributed by atoms with Gasteiger partial charge in [0.1, 0.15) is 5.75 Å². The number of hydrogen-bond acceptors (Lipinski definition) is 4. The van der Waals surface area contributed by atoms with Crippen LogP contribution < -0.4 is 10.1 Å². The van der Waals surface area contributed by atoms with Crippen molar-refractivity contribution < 1.29 is 9.53 Å². The number of benzene rings is 1. The fourth-order valence-electron chi connectivity index (χ4n) is 4.73. The van der Waals surface area contributed by atoms with E-state index in [9.17, 15) is 4.79 Å². The predicted molar refractivity (Wildman–Crippen MR) is 113 cm³/mol. The second-order valence-corrected chi connectivity index (χ2v) is 9.49. The van der Waals surface area contributed by atoms with Gasteiger partial charge in [-0.25, -0.2) is 0 Å². The van der Waals surface area contributed by atoms with E-state index < -0.39 is 0 Å².